The summed E-state index contributed by atoms with van der Waals surface area (Å²) >= 11 is 1.57. The summed E-state index contributed by atoms with van der Waals surface area (Å²) < 4.78 is 5.26. The molecule has 1 aliphatic carbocycles. The van der Waals surface area contributed by atoms with Gasteiger partial charge in [-0.25, -0.2) is 0 Å². The number of aromatic nitrogens is 2. The number of aryl methyl sites for hydroxylation is 1. The van der Waals surface area contributed by atoms with Crippen LogP contribution in [0.3, 0.4) is 0 Å². The first-order valence-corrected chi connectivity index (χ1v) is 9.98. The molecular formula is C20H21N3O3S. The Bertz CT molecular complexity index is 907. The molecule has 4 rings (SSSR count). The van der Waals surface area contributed by atoms with Crippen LogP contribution in [-0.4, -0.2) is 27.8 Å². The Kier molecular flexibility index (Phi) is 5.31. The summed E-state index contributed by atoms with van der Waals surface area (Å²) in [6, 6.07) is 11.9. The van der Waals surface area contributed by atoms with Gasteiger partial charge in [-0.15, -0.1) is 11.3 Å². The van der Waals surface area contributed by atoms with Gasteiger partial charge in [-0.1, -0.05) is 35.5 Å². The summed E-state index contributed by atoms with van der Waals surface area (Å²) in [4.78, 5) is 17.7. The van der Waals surface area contributed by atoms with E-state index in [0.717, 1.165) is 22.4 Å². The van der Waals surface area contributed by atoms with E-state index < -0.39 is 0 Å². The first-order chi connectivity index (χ1) is 13.2. The summed E-state index contributed by atoms with van der Waals surface area (Å²) in [5, 5.41) is 18.6. The number of hydrogen-bond acceptors (Lipinski definition) is 6. The van der Waals surface area contributed by atoms with Crippen molar-refractivity contribution in [3.63, 3.8) is 0 Å². The average molecular weight is 383 g/mol. The molecular weight excluding hydrogens is 362 g/mol. The predicted molar refractivity (Wildman–Crippen MR) is 102 cm³/mol. The monoisotopic (exact) mass is 383 g/mol. The Morgan fingerprint density at radius 1 is 1.26 bits per heavy atom. The lowest BCUT2D eigenvalue weighted by Crippen LogP contribution is -2.27. The van der Waals surface area contributed by atoms with Crippen molar-refractivity contribution < 1.29 is 14.4 Å². The van der Waals surface area contributed by atoms with E-state index in [2.05, 4.69) is 15.5 Å². The molecule has 2 atom stereocenters. The molecule has 27 heavy (non-hydrogen) atoms. The van der Waals surface area contributed by atoms with Crippen LogP contribution in [0.4, 0.5) is 0 Å². The van der Waals surface area contributed by atoms with Crippen molar-refractivity contribution in [2.45, 2.75) is 37.6 Å². The van der Waals surface area contributed by atoms with E-state index in [-0.39, 0.29) is 24.5 Å². The molecule has 2 N–H and O–H groups in total. The number of carbonyl (C=O) groups excluding carboxylic acids is 1. The number of fused-ring (bicyclic) bond motifs is 1. The zero-order chi connectivity index (χ0) is 18.6. The van der Waals surface area contributed by atoms with Gasteiger partial charge in [0, 0.05) is 18.8 Å². The Hall–Kier alpha value is -2.51. The fourth-order valence-corrected chi connectivity index (χ4v) is 4.23. The van der Waals surface area contributed by atoms with E-state index >= 15 is 0 Å². The van der Waals surface area contributed by atoms with Crippen LogP contribution >= 0.6 is 11.3 Å². The average Bonchev–Trinajstić information content (AvgIpc) is 3.42. The van der Waals surface area contributed by atoms with Crippen molar-refractivity contribution >= 4 is 17.2 Å². The SMILES string of the molecule is O=C(CCCc1nc(-c2cccs2)no1)N[C@@H]1C[C@@H](CO)c2ccccc21. The molecule has 1 aromatic carbocycles. The number of nitrogens with zero attached hydrogens (tertiary/aromatic N) is 2. The second kappa shape index (κ2) is 8.02. The summed E-state index contributed by atoms with van der Waals surface area (Å²) in [5.74, 6) is 1.26. The van der Waals surface area contributed by atoms with Crippen LogP contribution in [0.15, 0.2) is 46.3 Å². The number of carbonyl (C=O) groups is 1. The highest BCUT2D eigenvalue weighted by Gasteiger charge is 2.30. The molecule has 1 amide bonds. The van der Waals surface area contributed by atoms with Gasteiger partial charge in [0.15, 0.2) is 0 Å². The molecule has 0 aliphatic heterocycles. The Balaban J connectivity index is 1.28. The molecule has 6 nitrogen and oxygen atoms in total. The van der Waals surface area contributed by atoms with Crippen molar-refractivity contribution in [1.82, 2.24) is 15.5 Å². The van der Waals surface area contributed by atoms with Gasteiger partial charge >= 0.3 is 0 Å². The van der Waals surface area contributed by atoms with Gasteiger partial charge in [0.05, 0.1) is 17.5 Å². The fourth-order valence-electron chi connectivity index (χ4n) is 3.58. The van der Waals surface area contributed by atoms with Gasteiger partial charge in [-0.2, -0.15) is 4.98 Å². The number of aliphatic hydroxyl groups is 1. The van der Waals surface area contributed by atoms with Gasteiger partial charge < -0.3 is 14.9 Å². The maximum absolute atomic E-state index is 12.3. The standard InChI is InChI=1S/C20H21N3O3S/c24-12-13-11-16(15-6-2-1-5-14(13)15)21-18(25)8-3-9-19-22-20(23-26-19)17-7-4-10-27-17/h1-2,4-7,10,13,16,24H,3,8-9,11-12H2,(H,21,25)/t13-,16+/m0/s1. The van der Waals surface area contributed by atoms with Crippen molar-refractivity contribution in [2.24, 2.45) is 0 Å². The van der Waals surface area contributed by atoms with Gasteiger partial charge in [0.25, 0.3) is 0 Å². The quantitative estimate of drug-likeness (QED) is 0.652. The third-order valence-electron chi connectivity index (χ3n) is 4.89. The van der Waals surface area contributed by atoms with Crippen LogP contribution in [0.5, 0.6) is 0 Å². The third kappa shape index (κ3) is 3.94. The van der Waals surface area contributed by atoms with Crippen molar-refractivity contribution in [3.8, 4) is 10.7 Å². The first kappa shape index (κ1) is 17.9. The highest BCUT2D eigenvalue weighted by atomic mass is 32.1. The molecule has 3 aromatic rings. The van der Waals surface area contributed by atoms with Gasteiger partial charge in [-0.3, -0.25) is 4.79 Å². The number of thiophene rings is 1. The van der Waals surface area contributed by atoms with E-state index in [9.17, 15) is 9.90 Å². The van der Waals surface area contributed by atoms with Crippen LogP contribution in [-0.2, 0) is 11.2 Å². The predicted octanol–water partition coefficient (Wildman–Crippen LogP) is 3.46. The number of rotatable bonds is 7. The molecule has 0 saturated heterocycles. The lowest BCUT2D eigenvalue weighted by atomic mass is 10.0. The normalized spacial score (nSPS) is 18.4. The van der Waals surface area contributed by atoms with E-state index in [1.54, 1.807) is 11.3 Å². The number of aliphatic hydroxyl groups excluding tert-OH is 1. The van der Waals surface area contributed by atoms with E-state index in [4.69, 9.17) is 4.52 Å². The first-order valence-electron chi connectivity index (χ1n) is 9.10. The molecule has 0 radical (unpaired) electrons. The van der Waals surface area contributed by atoms with Crippen LogP contribution in [0, 0.1) is 0 Å². The minimum atomic E-state index is -0.0281. The van der Waals surface area contributed by atoms with E-state index in [1.165, 1.54) is 0 Å². The Morgan fingerprint density at radius 3 is 2.89 bits per heavy atom. The van der Waals surface area contributed by atoms with E-state index in [1.807, 2.05) is 41.8 Å². The highest BCUT2D eigenvalue weighted by molar-refractivity contribution is 7.13. The molecule has 0 saturated carbocycles. The van der Waals surface area contributed by atoms with Crippen molar-refractivity contribution in [2.75, 3.05) is 6.61 Å². The number of nitrogens with one attached hydrogen (secondary N) is 1. The zero-order valence-corrected chi connectivity index (χ0v) is 15.6. The zero-order valence-electron chi connectivity index (χ0n) is 14.8. The van der Waals surface area contributed by atoms with Crippen LogP contribution in [0.25, 0.3) is 10.7 Å². The van der Waals surface area contributed by atoms with Crippen molar-refractivity contribution in [1.29, 1.82) is 0 Å². The van der Waals surface area contributed by atoms with Gasteiger partial charge in [0.2, 0.25) is 17.6 Å². The molecule has 0 unspecified atom stereocenters. The van der Waals surface area contributed by atoms with Crippen molar-refractivity contribution in [3.05, 3.63) is 58.8 Å². The minimum absolute atomic E-state index is 0.00592. The lowest BCUT2D eigenvalue weighted by molar-refractivity contribution is -0.122. The summed E-state index contributed by atoms with van der Waals surface area (Å²) in [7, 11) is 0. The highest BCUT2D eigenvalue weighted by Crippen LogP contribution is 2.39. The maximum atomic E-state index is 12.3. The Morgan fingerprint density at radius 2 is 2.11 bits per heavy atom. The third-order valence-corrected chi connectivity index (χ3v) is 5.76. The molecule has 140 valence electrons. The molecule has 0 fully saturated rings. The smallest absolute Gasteiger partial charge is 0.226 e. The molecule has 7 heteroatoms. The largest absolute Gasteiger partial charge is 0.396 e. The molecule has 2 aromatic heterocycles. The topological polar surface area (TPSA) is 88.2 Å². The molecule has 0 bridgehead atoms. The van der Waals surface area contributed by atoms with Crippen LogP contribution in [0.1, 0.15) is 48.2 Å². The van der Waals surface area contributed by atoms with Crippen LogP contribution < -0.4 is 5.32 Å². The van der Waals surface area contributed by atoms with Gasteiger partial charge in [-0.05, 0) is 35.4 Å². The number of hydrogen-bond donors (Lipinski definition) is 2. The molecule has 1 aliphatic rings. The van der Waals surface area contributed by atoms with E-state index in [0.29, 0.717) is 31.0 Å². The molecule has 0 spiro atoms. The summed E-state index contributed by atoms with van der Waals surface area (Å²) in [5.41, 5.74) is 2.25. The fraction of sp³-hybridized carbons (Fsp3) is 0.350. The maximum Gasteiger partial charge on any atom is 0.226 e. The lowest BCUT2D eigenvalue weighted by Gasteiger charge is -2.14. The summed E-state index contributed by atoms with van der Waals surface area (Å²) in [6.45, 7) is 0.104. The van der Waals surface area contributed by atoms with Crippen LogP contribution in [0.2, 0.25) is 0 Å². The second-order valence-corrected chi connectivity index (χ2v) is 7.65. The second-order valence-electron chi connectivity index (χ2n) is 6.71. The minimum Gasteiger partial charge on any atom is -0.396 e. The molecule has 2 heterocycles. The van der Waals surface area contributed by atoms with Gasteiger partial charge in [0.1, 0.15) is 0 Å². The Labute approximate surface area is 161 Å². The number of benzene rings is 1. The number of amides is 1. The summed E-state index contributed by atoms with van der Waals surface area (Å²) in [6.07, 6.45) is 2.37.